The Kier molecular flexibility index (Phi) is 17.7. The molecule has 25 heavy (non-hydrogen) atoms. The van der Waals surface area contributed by atoms with Crippen LogP contribution in [0.3, 0.4) is 0 Å². The van der Waals surface area contributed by atoms with E-state index < -0.39 is 0 Å². The Balaban J connectivity index is 3.40. The molecule has 1 atom stereocenters. The van der Waals surface area contributed by atoms with Gasteiger partial charge in [-0.05, 0) is 32.6 Å². The van der Waals surface area contributed by atoms with Gasteiger partial charge in [0.05, 0.1) is 10.4 Å². The zero-order chi connectivity index (χ0) is 18.8. The zero-order valence-electron chi connectivity index (χ0n) is 18.6. The third kappa shape index (κ3) is 15.0. The molecule has 0 amide bonds. The lowest BCUT2D eigenvalue weighted by atomic mass is 9.81. The highest BCUT2D eigenvalue weighted by Crippen LogP contribution is 2.27. The van der Waals surface area contributed by atoms with Gasteiger partial charge in [-0.1, -0.05) is 110 Å². The van der Waals surface area contributed by atoms with Crippen molar-refractivity contribution in [1.82, 2.24) is 4.98 Å². The van der Waals surface area contributed by atoms with E-state index in [2.05, 4.69) is 32.7 Å². The van der Waals surface area contributed by atoms with Crippen LogP contribution in [0.4, 0.5) is 0 Å². The molecule has 0 fully saturated rings. The first kappa shape index (κ1) is 25.2. The Hall–Kier alpha value is 0.177. The molecular weight excluding hydrogens is 318 g/mol. The highest BCUT2D eigenvalue weighted by atomic mass is 28.2. The van der Waals surface area contributed by atoms with Crippen molar-refractivity contribution in [3.05, 3.63) is 0 Å². The highest BCUT2D eigenvalue weighted by Gasteiger charge is 2.25. The predicted molar refractivity (Wildman–Crippen MR) is 120 cm³/mol. The lowest BCUT2D eigenvalue weighted by molar-refractivity contribution is 0.253. The smallest absolute Gasteiger partial charge is 0.0755 e. The number of hydrogen-bond acceptors (Lipinski definition) is 1. The molecule has 152 valence electrons. The minimum atomic E-state index is 0.360. The summed E-state index contributed by atoms with van der Waals surface area (Å²) in [7, 11) is 1.11. The second kappa shape index (κ2) is 17.6. The van der Waals surface area contributed by atoms with E-state index in [9.17, 15) is 0 Å². The largest absolute Gasteiger partial charge is 0.340 e. The molecule has 1 unspecified atom stereocenters. The number of unbranched alkanes of at least 4 members (excludes halogenated alkanes) is 13. The summed E-state index contributed by atoms with van der Waals surface area (Å²) in [5, 5.41) is 0. The molecule has 0 spiro atoms. The van der Waals surface area contributed by atoms with Crippen LogP contribution in [-0.2, 0) is 0 Å². The molecule has 1 nitrogen and oxygen atoms in total. The van der Waals surface area contributed by atoms with E-state index in [1.54, 1.807) is 0 Å². The summed E-state index contributed by atoms with van der Waals surface area (Å²) in [5.74, 6) is 0.868. The molecule has 0 aliphatic rings. The average Bonchev–Trinajstić information content (AvgIpc) is 2.61. The monoisotopic (exact) mass is 369 g/mol. The van der Waals surface area contributed by atoms with Crippen LogP contribution in [-0.4, -0.2) is 15.9 Å². The van der Waals surface area contributed by atoms with Crippen molar-refractivity contribution in [2.24, 2.45) is 5.92 Å². The average molecular weight is 370 g/mol. The Labute approximate surface area is 164 Å². The summed E-state index contributed by atoms with van der Waals surface area (Å²) in [4.78, 5) is 3.66. The maximum Gasteiger partial charge on any atom is 0.0755 e. The Bertz CT molecular complexity index is 265. The molecule has 1 N–H and O–H groups in total. The first-order chi connectivity index (χ1) is 12.1. The van der Waals surface area contributed by atoms with Crippen LogP contribution in [0.15, 0.2) is 0 Å². The summed E-state index contributed by atoms with van der Waals surface area (Å²) in [6.45, 7) is 9.45. The van der Waals surface area contributed by atoms with Gasteiger partial charge >= 0.3 is 0 Å². The molecular formula is C23H51NSi. The maximum atomic E-state index is 3.66. The standard InChI is InChI=1S/C23H51NSi/c1-5-7-8-9-10-11-12-13-14-15-16-17-18-19-21-22(20-6-2)23(3,4)24-25/h22,24H,5-21H2,1-4,25H3. The molecule has 0 aliphatic heterocycles. The van der Waals surface area contributed by atoms with Crippen molar-refractivity contribution in [3.8, 4) is 0 Å². The van der Waals surface area contributed by atoms with E-state index >= 15 is 0 Å². The summed E-state index contributed by atoms with van der Waals surface area (Å²) >= 11 is 0. The van der Waals surface area contributed by atoms with Gasteiger partial charge in [-0.25, -0.2) is 0 Å². The van der Waals surface area contributed by atoms with Crippen molar-refractivity contribution >= 4 is 10.4 Å². The van der Waals surface area contributed by atoms with E-state index in [1.807, 2.05) is 0 Å². The van der Waals surface area contributed by atoms with Crippen LogP contribution in [0.25, 0.3) is 0 Å². The summed E-state index contributed by atoms with van der Waals surface area (Å²) in [6.07, 6.45) is 24.6. The van der Waals surface area contributed by atoms with Gasteiger partial charge in [0.1, 0.15) is 0 Å². The molecule has 0 aromatic rings. The molecule has 0 aliphatic carbocycles. The molecule has 0 rings (SSSR count). The summed E-state index contributed by atoms with van der Waals surface area (Å²) in [6, 6.07) is 0. The normalized spacial score (nSPS) is 13.4. The molecule has 0 bridgehead atoms. The van der Waals surface area contributed by atoms with E-state index in [-0.39, 0.29) is 0 Å². The molecule has 0 saturated heterocycles. The Morgan fingerprint density at radius 3 is 1.36 bits per heavy atom. The van der Waals surface area contributed by atoms with Crippen LogP contribution >= 0.6 is 0 Å². The van der Waals surface area contributed by atoms with Crippen LogP contribution in [0, 0.1) is 5.92 Å². The van der Waals surface area contributed by atoms with Crippen LogP contribution < -0.4 is 4.98 Å². The zero-order valence-corrected chi connectivity index (χ0v) is 20.6. The van der Waals surface area contributed by atoms with Gasteiger partial charge in [0, 0.05) is 5.54 Å². The number of hydrogen-bond donors (Lipinski definition) is 1. The third-order valence-electron chi connectivity index (χ3n) is 6.21. The minimum absolute atomic E-state index is 0.360. The van der Waals surface area contributed by atoms with Crippen molar-refractivity contribution in [2.75, 3.05) is 0 Å². The quantitative estimate of drug-likeness (QED) is 0.192. The number of rotatable bonds is 19. The van der Waals surface area contributed by atoms with Crippen molar-refractivity contribution in [2.45, 2.75) is 142 Å². The van der Waals surface area contributed by atoms with Gasteiger partial charge in [0.25, 0.3) is 0 Å². The molecule has 0 radical (unpaired) electrons. The van der Waals surface area contributed by atoms with E-state index in [0.717, 1.165) is 16.3 Å². The second-order valence-corrected chi connectivity index (χ2v) is 9.34. The summed E-state index contributed by atoms with van der Waals surface area (Å²) < 4.78 is 0. The van der Waals surface area contributed by atoms with Gasteiger partial charge < -0.3 is 4.98 Å². The van der Waals surface area contributed by atoms with Crippen molar-refractivity contribution in [3.63, 3.8) is 0 Å². The van der Waals surface area contributed by atoms with Crippen LogP contribution in [0.2, 0.25) is 0 Å². The highest BCUT2D eigenvalue weighted by molar-refractivity contribution is 6.04. The molecule has 0 aromatic carbocycles. The van der Waals surface area contributed by atoms with Gasteiger partial charge in [-0.2, -0.15) is 0 Å². The molecule has 0 heterocycles. The lowest BCUT2D eigenvalue weighted by Gasteiger charge is -2.34. The third-order valence-corrected chi connectivity index (χ3v) is 7.50. The van der Waals surface area contributed by atoms with E-state index in [0.29, 0.717) is 5.54 Å². The first-order valence-corrected chi connectivity index (χ1v) is 12.8. The fourth-order valence-electron chi connectivity index (χ4n) is 4.00. The first-order valence-electron chi connectivity index (χ1n) is 11.8. The number of nitrogens with one attached hydrogen (secondary N) is 1. The molecule has 0 saturated carbocycles. The van der Waals surface area contributed by atoms with E-state index in [4.69, 9.17) is 0 Å². The fraction of sp³-hybridized carbons (Fsp3) is 1.00. The minimum Gasteiger partial charge on any atom is -0.340 e. The topological polar surface area (TPSA) is 12.0 Å². The van der Waals surface area contributed by atoms with Gasteiger partial charge in [-0.3, -0.25) is 0 Å². The lowest BCUT2D eigenvalue weighted by Crippen LogP contribution is -2.44. The van der Waals surface area contributed by atoms with Gasteiger partial charge in [0.2, 0.25) is 0 Å². The maximum absolute atomic E-state index is 3.66. The predicted octanol–water partition coefficient (Wildman–Crippen LogP) is 6.92. The van der Waals surface area contributed by atoms with Crippen molar-refractivity contribution in [1.29, 1.82) is 0 Å². The van der Waals surface area contributed by atoms with E-state index in [1.165, 1.54) is 109 Å². The summed E-state index contributed by atoms with van der Waals surface area (Å²) in [5.41, 5.74) is 0.360. The molecule has 2 heteroatoms. The Morgan fingerprint density at radius 1 is 0.600 bits per heavy atom. The van der Waals surface area contributed by atoms with Crippen molar-refractivity contribution < 1.29 is 0 Å². The van der Waals surface area contributed by atoms with Crippen LogP contribution in [0.5, 0.6) is 0 Å². The second-order valence-electron chi connectivity index (χ2n) is 8.84. The van der Waals surface area contributed by atoms with Crippen LogP contribution in [0.1, 0.15) is 137 Å². The fourth-order valence-corrected chi connectivity index (χ4v) is 4.41. The SMILES string of the molecule is CCCCCCCCCCCCCCCCC(CCC)C(C)(C)N[SiH3]. The Morgan fingerprint density at radius 2 is 1.00 bits per heavy atom. The van der Waals surface area contributed by atoms with Gasteiger partial charge in [0.15, 0.2) is 0 Å². The molecule has 0 aromatic heterocycles. The van der Waals surface area contributed by atoms with Gasteiger partial charge in [-0.15, -0.1) is 0 Å².